The summed E-state index contributed by atoms with van der Waals surface area (Å²) < 4.78 is 0. The Hall–Kier alpha value is -3.39. The first kappa shape index (κ1) is 28.6. The number of benzene rings is 2. The molecule has 8 heteroatoms. The lowest BCUT2D eigenvalue weighted by Gasteiger charge is -2.26. The number of anilines is 3. The second-order valence-electron chi connectivity index (χ2n) is 11.0. The van der Waals surface area contributed by atoms with Crippen molar-refractivity contribution in [1.29, 1.82) is 0 Å². The molecule has 39 heavy (non-hydrogen) atoms. The normalized spacial score (nSPS) is 17.9. The van der Waals surface area contributed by atoms with Crippen molar-refractivity contribution in [3.05, 3.63) is 54.1 Å². The van der Waals surface area contributed by atoms with Crippen LogP contribution in [0.5, 0.6) is 0 Å². The van der Waals surface area contributed by atoms with Crippen LogP contribution in [0.15, 0.2) is 53.5 Å². The van der Waals surface area contributed by atoms with E-state index in [4.69, 9.17) is 4.99 Å². The van der Waals surface area contributed by atoms with Crippen LogP contribution in [0.1, 0.15) is 57.4 Å². The number of amides is 3. The maximum Gasteiger partial charge on any atom is 0.321 e. The van der Waals surface area contributed by atoms with Crippen LogP contribution in [0.2, 0.25) is 0 Å². The topological polar surface area (TPSA) is 80.3 Å². The predicted octanol–water partition coefficient (Wildman–Crippen LogP) is 5.35. The minimum atomic E-state index is -0.969. The maximum absolute atomic E-state index is 13.7. The molecule has 2 aromatic rings. The molecule has 2 aliphatic rings. The number of para-hydroxylation sites is 1. The Kier molecular flexibility index (Phi) is 9.98. The van der Waals surface area contributed by atoms with Gasteiger partial charge >= 0.3 is 6.03 Å². The van der Waals surface area contributed by atoms with Gasteiger partial charge in [0, 0.05) is 43.0 Å². The molecule has 4 rings (SSSR count). The third kappa shape index (κ3) is 7.38. The van der Waals surface area contributed by atoms with Gasteiger partial charge in [-0.3, -0.25) is 9.79 Å². The zero-order valence-corrected chi connectivity index (χ0v) is 23.9. The lowest BCUT2D eigenvalue weighted by molar-refractivity contribution is -0.120. The van der Waals surface area contributed by atoms with Crippen molar-refractivity contribution < 1.29 is 9.59 Å². The van der Waals surface area contributed by atoms with E-state index in [9.17, 15) is 9.59 Å². The third-order valence-electron chi connectivity index (χ3n) is 7.61. The van der Waals surface area contributed by atoms with Crippen molar-refractivity contribution in [2.75, 3.05) is 55.9 Å². The number of nitrogens with zero attached hydrogens (tertiary/aromatic N) is 4. The summed E-state index contributed by atoms with van der Waals surface area (Å²) in [6, 6.07) is 15.4. The first-order chi connectivity index (χ1) is 18.9. The van der Waals surface area contributed by atoms with Gasteiger partial charge in [-0.25, -0.2) is 4.79 Å². The highest BCUT2D eigenvalue weighted by Gasteiger charge is 2.34. The Morgan fingerprint density at radius 2 is 1.72 bits per heavy atom. The molecular formula is C31H44N6O2. The number of carbonyl (C=O) groups excluding carboxylic acids is 2. The molecule has 1 aliphatic heterocycles. The average molecular weight is 533 g/mol. The van der Waals surface area contributed by atoms with E-state index in [0.29, 0.717) is 18.2 Å². The second-order valence-corrected chi connectivity index (χ2v) is 11.0. The van der Waals surface area contributed by atoms with Gasteiger partial charge in [0.2, 0.25) is 6.17 Å². The maximum atomic E-state index is 13.7. The molecule has 2 N–H and O–H groups in total. The lowest BCUT2D eigenvalue weighted by Crippen LogP contribution is -2.48. The number of fused-ring (bicyclic) bond motifs is 1. The van der Waals surface area contributed by atoms with Crippen molar-refractivity contribution in [1.82, 2.24) is 10.2 Å². The van der Waals surface area contributed by atoms with Gasteiger partial charge in [0.15, 0.2) is 0 Å². The minimum absolute atomic E-state index is 0.194. The standard InChI is InChI=1S/C31H44N6O2/c1-5-20-37-27-15-10-9-14-26(27)28(23-12-7-6-8-13-23)33-29(30(37)38)34-31(39)32-24-16-18-25(19-17-24)36(4)22-11-21-35(2)3/h9-10,14-19,23,29H,5-8,11-13,20-22H2,1-4H3,(H2,32,34,39). The number of benzodiazepines with no additional fused rings is 1. The van der Waals surface area contributed by atoms with E-state index in [1.54, 1.807) is 4.90 Å². The van der Waals surface area contributed by atoms with Gasteiger partial charge in [0.25, 0.3) is 5.91 Å². The number of aliphatic imine (C=N–C) groups is 1. The quantitative estimate of drug-likeness (QED) is 0.432. The van der Waals surface area contributed by atoms with Crippen molar-refractivity contribution in [3.63, 3.8) is 0 Å². The zero-order chi connectivity index (χ0) is 27.8. The van der Waals surface area contributed by atoms with Gasteiger partial charge in [0.05, 0.1) is 11.4 Å². The predicted molar refractivity (Wildman–Crippen MR) is 161 cm³/mol. The summed E-state index contributed by atoms with van der Waals surface area (Å²) in [5.74, 6) is 0.101. The zero-order valence-electron chi connectivity index (χ0n) is 23.9. The van der Waals surface area contributed by atoms with Crippen molar-refractivity contribution >= 4 is 34.7 Å². The summed E-state index contributed by atoms with van der Waals surface area (Å²) in [6.45, 7) is 4.62. The first-order valence-corrected chi connectivity index (χ1v) is 14.4. The lowest BCUT2D eigenvalue weighted by atomic mass is 9.83. The van der Waals surface area contributed by atoms with Crippen LogP contribution in [-0.4, -0.2) is 69.5 Å². The molecular weight excluding hydrogens is 488 g/mol. The van der Waals surface area contributed by atoms with Gasteiger partial charge in [0.1, 0.15) is 0 Å². The molecule has 0 radical (unpaired) electrons. The van der Waals surface area contributed by atoms with E-state index in [2.05, 4.69) is 54.6 Å². The van der Waals surface area contributed by atoms with Crippen LogP contribution < -0.4 is 20.4 Å². The first-order valence-electron chi connectivity index (χ1n) is 14.4. The fourth-order valence-corrected chi connectivity index (χ4v) is 5.55. The van der Waals surface area contributed by atoms with Crippen LogP contribution >= 0.6 is 0 Å². The van der Waals surface area contributed by atoms with Gasteiger partial charge in [-0.05, 0) is 76.7 Å². The second kappa shape index (κ2) is 13.6. The van der Waals surface area contributed by atoms with Gasteiger partial charge in [-0.2, -0.15) is 0 Å². The molecule has 1 saturated carbocycles. The van der Waals surface area contributed by atoms with Crippen LogP contribution in [0.3, 0.4) is 0 Å². The number of nitrogens with one attached hydrogen (secondary N) is 2. The van der Waals surface area contributed by atoms with Gasteiger partial charge in [-0.15, -0.1) is 0 Å². The Morgan fingerprint density at radius 3 is 2.41 bits per heavy atom. The van der Waals surface area contributed by atoms with Crippen LogP contribution in [-0.2, 0) is 4.79 Å². The summed E-state index contributed by atoms with van der Waals surface area (Å²) >= 11 is 0. The third-order valence-corrected chi connectivity index (χ3v) is 7.61. The summed E-state index contributed by atoms with van der Waals surface area (Å²) in [4.78, 5) is 38.0. The van der Waals surface area contributed by atoms with Crippen molar-refractivity contribution in [2.24, 2.45) is 10.9 Å². The van der Waals surface area contributed by atoms with Crippen molar-refractivity contribution in [2.45, 2.75) is 58.0 Å². The Bertz CT molecular complexity index is 1140. The number of hydrogen-bond acceptors (Lipinski definition) is 5. The minimum Gasteiger partial charge on any atom is -0.375 e. The number of rotatable bonds is 10. The summed E-state index contributed by atoms with van der Waals surface area (Å²) in [5, 5.41) is 5.78. The number of hydrogen-bond donors (Lipinski definition) is 2. The van der Waals surface area contributed by atoms with E-state index < -0.39 is 12.2 Å². The molecule has 2 aromatic carbocycles. The summed E-state index contributed by atoms with van der Waals surface area (Å²) in [5.41, 5.74) is 4.62. The molecule has 3 amide bonds. The van der Waals surface area contributed by atoms with Gasteiger partial charge in [-0.1, -0.05) is 44.4 Å². The molecule has 0 bridgehead atoms. The SMILES string of the molecule is CCCN1C(=O)C(NC(=O)Nc2ccc(N(C)CCCN(C)C)cc2)N=C(C2CCCCC2)c2ccccc21. The average Bonchev–Trinajstić information content (AvgIpc) is 3.04. The highest BCUT2D eigenvalue weighted by molar-refractivity contribution is 6.14. The molecule has 8 nitrogen and oxygen atoms in total. The molecule has 0 aromatic heterocycles. The summed E-state index contributed by atoms with van der Waals surface area (Å²) in [6.07, 6.45) is 6.60. The van der Waals surface area contributed by atoms with Crippen molar-refractivity contribution in [3.8, 4) is 0 Å². The van der Waals surface area contributed by atoms with E-state index in [0.717, 1.165) is 74.3 Å². The highest BCUT2D eigenvalue weighted by Crippen LogP contribution is 2.34. The Morgan fingerprint density at radius 1 is 1.00 bits per heavy atom. The highest BCUT2D eigenvalue weighted by atomic mass is 16.2. The molecule has 1 atom stereocenters. The van der Waals surface area contributed by atoms with E-state index in [1.807, 2.05) is 42.5 Å². The van der Waals surface area contributed by atoms with Gasteiger partial charge < -0.3 is 25.3 Å². The Labute approximate surface area is 233 Å². The Balaban J connectivity index is 1.49. The van der Waals surface area contributed by atoms with E-state index >= 15 is 0 Å². The molecule has 0 saturated heterocycles. The fourth-order valence-electron chi connectivity index (χ4n) is 5.55. The fraction of sp³-hybridized carbons (Fsp3) is 0.516. The van der Waals surface area contributed by atoms with Crippen LogP contribution in [0.4, 0.5) is 21.9 Å². The largest absolute Gasteiger partial charge is 0.375 e. The number of carbonyl (C=O) groups is 2. The molecule has 1 heterocycles. The summed E-state index contributed by atoms with van der Waals surface area (Å²) in [7, 11) is 6.23. The van der Waals surface area contributed by atoms with Crippen LogP contribution in [0, 0.1) is 5.92 Å². The molecule has 0 spiro atoms. The monoisotopic (exact) mass is 532 g/mol. The molecule has 1 fully saturated rings. The molecule has 1 unspecified atom stereocenters. The van der Waals surface area contributed by atoms with Crippen LogP contribution in [0.25, 0.3) is 0 Å². The number of urea groups is 1. The van der Waals surface area contributed by atoms with E-state index in [1.165, 1.54) is 6.42 Å². The molecule has 1 aliphatic carbocycles. The van der Waals surface area contributed by atoms with E-state index in [-0.39, 0.29) is 5.91 Å². The smallest absolute Gasteiger partial charge is 0.321 e. The molecule has 210 valence electrons.